The largest absolute Gasteiger partial charge is 0.334 e. The Balaban J connectivity index is 1.54. The van der Waals surface area contributed by atoms with Crippen LogP contribution in [0.5, 0.6) is 0 Å². The Morgan fingerprint density at radius 2 is 1.88 bits per heavy atom. The van der Waals surface area contributed by atoms with Crippen LogP contribution in [-0.4, -0.2) is 36.6 Å². The molecule has 0 saturated carbocycles. The summed E-state index contributed by atoms with van der Waals surface area (Å²) in [7, 11) is 2.10. The monoisotopic (exact) mass is 474 g/mol. The molecular formula is C29H38N4S. The van der Waals surface area contributed by atoms with Crippen molar-refractivity contribution < 1.29 is 0 Å². The van der Waals surface area contributed by atoms with Gasteiger partial charge in [-0.15, -0.1) is 11.3 Å². The molecule has 3 aromatic rings. The summed E-state index contributed by atoms with van der Waals surface area (Å²) in [4.78, 5) is 6.50. The molecule has 2 aromatic carbocycles. The number of anilines is 1. The number of aromatic nitrogens is 1. The molecule has 0 spiro atoms. The lowest BCUT2D eigenvalue weighted by Gasteiger charge is -2.20. The fourth-order valence-corrected chi connectivity index (χ4v) is 4.55. The van der Waals surface area contributed by atoms with Crippen LogP contribution in [0.2, 0.25) is 0 Å². The number of thiazole rings is 1. The van der Waals surface area contributed by atoms with Crippen molar-refractivity contribution in [2.45, 2.75) is 39.2 Å². The van der Waals surface area contributed by atoms with E-state index in [0.717, 1.165) is 43.4 Å². The highest BCUT2D eigenvalue weighted by atomic mass is 32.1. The van der Waals surface area contributed by atoms with Crippen LogP contribution in [0.4, 0.5) is 5.13 Å². The van der Waals surface area contributed by atoms with Crippen LogP contribution in [-0.2, 0) is 13.0 Å². The van der Waals surface area contributed by atoms with Gasteiger partial charge in [-0.05, 0) is 66.9 Å². The molecule has 0 saturated heterocycles. The molecule has 1 heterocycles. The maximum Gasteiger partial charge on any atom is 0.186 e. The number of unbranched alkanes of at least 4 members (excludes halogenated alkanes) is 2. The van der Waals surface area contributed by atoms with E-state index in [1.54, 1.807) is 17.5 Å². The van der Waals surface area contributed by atoms with Gasteiger partial charge in [0.1, 0.15) is 0 Å². The maximum absolute atomic E-state index is 4.26. The van der Waals surface area contributed by atoms with Gasteiger partial charge in [-0.1, -0.05) is 75.4 Å². The molecule has 0 aliphatic heterocycles. The Morgan fingerprint density at radius 1 is 1.09 bits per heavy atom. The molecule has 4 nitrogen and oxygen atoms in total. The van der Waals surface area contributed by atoms with Gasteiger partial charge in [0.25, 0.3) is 0 Å². The summed E-state index contributed by atoms with van der Waals surface area (Å²) in [6, 6.07) is 15.6. The molecule has 0 atom stereocenters. The number of likely N-dealkylation sites (N-methyl/N-ethyl adjacent to an activating group) is 1. The van der Waals surface area contributed by atoms with Crippen molar-refractivity contribution in [3.63, 3.8) is 0 Å². The average Bonchev–Trinajstić information content (AvgIpc) is 3.34. The first-order valence-corrected chi connectivity index (χ1v) is 13.0. The second-order valence-corrected chi connectivity index (χ2v) is 9.65. The van der Waals surface area contributed by atoms with Crippen LogP contribution in [0.3, 0.4) is 0 Å². The first-order chi connectivity index (χ1) is 16.6. The Kier molecular flexibility index (Phi) is 10.5. The van der Waals surface area contributed by atoms with Gasteiger partial charge in [0, 0.05) is 30.4 Å². The summed E-state index contributed by atoms with van der Waals surface area (Å²) in [6.07, 6.45) is 8.67. The third-order valence-corrected chi connectivity index (χ3v) is 6.51. The van der Waals surface area contributed by atoms with Crippen molar-refractivity contribution in [1.82, 2.24) is 15.2 Å². The van der Waals surface area contributed by atoms with E-state index in [4.69, 9.17) is 0 Å². The summed E-state index contributed by atoms with van der Waals surface area (Å²) < 4.78 is 0. The van der Waals surface area contributed by atoms with Gasteiger partial charge in [-0.25, -0.2) is 4.98 Å². The topological polar surface area (TPSA) is 40.2 Å². The lowest BCUT2D eigenvalue weighted by Crippen LogP contribution is -2.23. The van der Waals surface area contributed by atoms with Gasteiger partial charge in [0.15, 0.2) is 5.13 Å². The number of nitrogens with zero attached hydrogens (tertiary/aromatic N) is 2. The van der Waals surface area contributed by atoms with Crippen LogP contribution in [0.15, 0.2) is 72.9 Å². The number of rotatable bonds is 15. The van der Waals surface area contributed by atoms with E-state index < -0.39 is 0 Å². The molecule has 5 heteroatoms. The van der Waals surface area contributed by atoms with Crippen LogP contribution in [0, 0.1) is 0 Å². The number of hydrogen-bond donors (Lipinski definition) is 2. The predicted molar refractivity (Wildman–Crippen MR) is 149 cm³/mol. The van der Waals surface area contributed by atoms with Crippen molar-refractivity contribution >= 4 is 22.5 Å². The minimum atomic E-state index is 0.743. The zero-order chi connectivity index (χ0) is 24.2. The van der Waals surface area contributed by atoms with Crippen LogP contribution < -0.4 is 10.6 Å². The predicted octanol–water partition coefficient (Wildman–Crippen LogP) is 6.83. The van der Waals surface area contributed by atoms with Gasteiger partial charge in [-0.3, -0.25) is 4.90 Å². The number of hydrogen-bond acceptors (Lipinski definition) is 5. The molecular weight excluding hydrogens is 436 g/mol. The summed E-state index contributed by atoms with van der Waals surface area (Å²) in [5.41, 5.74) is 7.20. The van der Waals surface area contributed by atoms with Crippen molar-refractivity contribution in [1.29, 1.82) is 0 Å². The zero-order valence-electron chi connectivity index (χ0n) is 20.6. The van der Waals surface area contributed by atoms with E-state index in [0.29, 0.717) is 0 Å². The molecule has 34 heavy (non-hydrogen) atoms. The Morgan fingerprint density at radius 3 is 2.59 bits per heavy atom. The average molecular weight is 475 g/mol. The maximum atomic E-state index is 4.26. The highest BCUT2D eigenvalue weighted by Gasteiger charge is 2.09. The molecule has 0 fully saturated rings. The third kappa shape index (κ3) is 8.24. The van der Waals surface area contributed by atoms with Crippen molar-refractivity contribution in [2.24, 2.45) is 0 Å². The lowest BCUT2D eigenvalue weighted by atomic mass is 9.97. The molecule has 180 valence electrons. The molecule has 0 aliphatic rings. The molecule has 0 bridgehead atoms. The number of nitrogens with one attached hydrogen (secondary N) is 2. The van der Waals surface area contributed by atoms with Gasteiger partial charge in [-0.2, -0.15) is 0 Å². The Hall–Kier alpha value is -2.73. The highest BCUT2D eigenvalue weighted by Crippen LogP contribution is 2.25. The standard InChI is InChI=1S/C29H38N4S/c1-5-7-8-16-30-17-15-24-9-11-26(12-10-24)27-13-14-28(25(6-2)20-27)22-33(4)21-23(3)32-29-31-18-19-34-29/h6,9-14,18-20,30H,2-3,5,7-8,15-17,21-22H2,1,4H3,(H,31,32). The molecule has 0 unspecified atom stereocenters. The quantitative estimate of drug-likeness (QED) is 0.237. The fourth-order valence-electron chi connectivity index (χ4n) is 3.98. The van der Waals surface area contributed by atoms with E-state index in [2.05, 4.69) is 90.1 Å². The van der Waals surface area contributed by atoms with E-state index in [-0.39, 0.29) is 0 Å². The van der Waals surface area contributed by atoms with E-state index in [1.165, 1.54) is 47.1 Å². The minimum absolute atomic E-state index is 0.743. The first kappa shape index (κ1) is 25.9. The summed E-state index contributed by atoms with van der Waals surface area (Å²) in [5.74, 6) is 0. The molecule has 3 rings (SSSR count). The SMILES string of the molecule is C=Cc1cc(-c2ccc(CCNCCCCC)cc2)ccc1CN(C)CC(=C)Nc1nccs1. The second-order valence-electron chi connectivity index (χ2n) is 8.76. The lowest BCUT2D eigenvalue weighted by molar-refractivity contribution is 0.356. The molecule has 1 aromatic heterocycles. The van der Waals surface area contributed by atoms with E-state index >= 15 is 0 Å². The zero-order valence-corrected chi connectivity index (χ0v) is 21.5. The number of benzene rings is 2. The van der Waals surface area contributed by atoms with Crippen LogP contribution in [0.25, 0.3) is 17.2 Å². The van der Waals surface area contributed by atoms with Crippen LogP contribution in [0.1, 0.15) is 42.9 Å². The van der Waals surface area contributed by atoms with E-state index in [1.807, 2.05) is 11.5 Å². The Labute approximate surface area is 209 Å². The van der Waals surface area contributed by atoms with Crippen molar-refractivity contribution in [3.8, 4) is 11.1 Å². The molecule has 0 aliphatic carbocycles. The van der Waals surface area contributed by atoms with Crippen molar-refractivity contribution in [3.05, 3.63) is 89.6 Å². The summed E-state index contributed by atoms with van der Waals surface area (Å²) in [5, 5.41) is 9.66. The summed E-state index contributed by atoms with van der Waals surface area (Å²) >= 11 is 1.58. The van der Waals surface area contributed by atoms with Gasteiger partial charge < -0.3 is 10.6 Å². The van der Waals surface area contributed by atoms with Gasteiger partial charge in [0.2, 0.25) is 0 Å². The fraction of sp³-hybridized carbons (Fsp3) is 0.345. The Bertz CT molecular complexity index is 1020. The highest BCUT2D eigenvalue weighted by molar-refractivity contribution is 7.13. The minimum Gasteiger partial charge on any atom is -0.334 e. The second kappa shape index (κ2) is 13.9. The van der Waals surface area contributed by atoms with Gasteiger partial charge >= 0.3 is 0 Å². The smallest absolute Gasteiger partial charge is 0.186 e. The molecule has 2 N–H and O–H groups in total. The van der Waals surface area contributed by atoms with Gasteiger partial charge in [0.05, 0.1) is 0 Å². The molecule has 0 radical (unpaired) electrons. The third-order valence-electron chi connectivity index (χ3n) is 5.82. The molecule has 0 amide bonds. The van der Waals surface area contributed by atoms with Crippen LogP contribution >= 0.6 is 11.3 Å². The first-order valence-electron chi connectivity index (χ1n) is 12.2. The van der Waals surface area contributed by atoms with E-state index in [9.17, 15) is 0 Å². The van der Waals surface area contributed by atoms with Crippen molar-refractivity contribution in [2.75, 3.05) is 32.0 Å². The summed E-state index contributed by atoms with van der Waals surface area (Å²) in [6.45, 7) is 14.2. The normalized spacial score (nSPS) is 11.0.